The van der Waals surface area contributed by atoms with Crippen LogP contribution in [0.2, 0.25) is 0 Å². The highest BCUT2D eigenvalue weighted by Crippen LogP contribution is 2.27. The largest absolute Gasteiger partial charge is 0.423 e. The molecule has 148 valence electrons. The highest BCUT2D eigenvalue weighted by Gasteiger charge is 2.20. The quantitative estimate of drug-likeness (QED) is 0.339. The molecule has 0 unspecified atom stereocenters. The minimum atomic E-state index is -0.593. The summed E-state index contributed by atoms with van der Waals surface area (Å²) in [4.78, 5) is 25.5. The number of benzene rings is 2. The molecule has 1 fully saturated rings. The van der Waals surface area contributed by atoms with Crippen molar-refractivity contribution in [3.05, 3.63) is 68.3 Å². The zero-order valence-corrected chi connectivity index (χ0v) is 16.4. The number of aryl methyl sites for hydroxylation is 2. The summed E-state index contributed by atoms with van der Waals surface area (Å²) in [6.07, 6.45) is 0. The standard InChI is InChI=1S/C21H24N2O5/c1-14-12-20(15(2)11-17(14)13-22-7-9-27-10-8-22)28-21(24)18-5-4-6-19(16(18)3)23(25)26/h4-6,11-12H,7-10,13H2,1-3H3. The van der Waals surface area contributed by atoms with Crippen molar-refractivity contribution in [2.75, 3.05) is 26.3 Å². The second-order valence-electron chi connectivity index (χ2n) is 7.03. The Kier molecular flexibility index (Phi) is 6.06. The highest BCUT2D eigenvalue weighted by atomic mass is 16.6. The van der Waals surface area contributed by atoms with Gasteiger partial charge in [0, 0.05) is 31.3 Å². The third kappa shape index (κ3) is 4.37. The van der Waals surface area contributed by atoms with Crippen molar-refractivity contribution in [3.8, 4) is 5.75 Å². The average Bonchev–Trinajstić information content (AvgIpc) is 2.66. The van der Waals surface area contributed by atoms with E-state index in [1.54, 1.807) is 13.0 Å². The van der Waals surface area contributed by atoms with Gasteiger partial charge in [-0.05, 0) is 49.6 Å². The number of morpholine rings is 1. The Hall–Kier alpha value is -2.77. The molecule has 0 aromatic heterocycles. The zero-order valence-electron chi connectivity index (χ0n) is 16.4. The molecule has 0 N–H and O–H groups in total. The van der Waals surface area contributed by atoms with Gasteiger partial charge in [-0.15, -0.1) is 0 Å². The van der Waals surface area contributed by atoms with Crippen LogP contribution >= 0.6 is 0 Å². The Morgan fingerprint density at radius 1 is 1.18 bits per heavy atom. The molecule has 2 aromatic carbocycles. The fraction of sp³-hybridized carbons (Fsp3) is 0.381. The predicted octanol–water partition coefficient (Wildman–Crippen LogP) is 3.57. The van der Waals surface area contributed by atoms with Crippen molar-refractivity contribution >= 4 is 11.7 Å². The van der Waals surface area contributed by atoms with Gasteiger partial charge in [0.1, 0.15) is 5.75 Å². The Bertz CT molecular complexity index is 904. The fourth-order valence-corrected chi connectivity index (χ4v) is 3.33. The molecular formula is C21H24N2O5. The number of nitro benzene ring substituents is 1. The van der Waals surface area contributed by atoms with Gasteiger partial charge in [-0.25, -0.2) is 4.79 Å². The van der Waals surface area contributed by atoms with Gasteiger partial charge < -0.3 is 9.47 Å². The number of hydrogen-bond donors (Lipinski definition) is 0. The summed E-state index contributed by atoms with van der Waals surface area (Å²) in [5.41, 5.74) is 3.48. The Balaban J connectivity index is 1.79. The normalized spacial score (nSPS) is 14.7. The minimum absolute atomic E-state index is 0.0942. The van der Waals surface area contributed by atoms with Crippen LogP contribution in [0.3, 0.4) is 0 Å². The first-order valence-electron chi connectivity index (χ1n) is 9.23. The summed E-state index contributed by atoms with van der Waals surface area (Å²) < 4.78 is 11.0. The third-order valence-corrected chi connectivity index (χ3v) is 5.06. The lowest BCUT2D eigenvalue weighted by Crippen LogP contribution is -2.35. The minimum Gasteiger partial charge on any atom is -0.423 e. The van der Waals surface area contributed by atoms with Crippen LogP contribution in [-0.4, -0.2) is 42.1 Å². The molecule has 1 heterocycles. The van der Waals surface area contributed by atoms with E-state index in [0.29, 0.717) is 11.3 Å². The molecule has 0 spiro atoms. The number of rotatable bonds is 5. The SMILES string of the molecule is Cc1cc(OC(=O)c2cccc([N+](=O)[O-])c2C)c(C)cc1CN1CCOCC1. The van der Waals surface area contributed by atoms with Gasteiger partial charge >= 0.3 is 5.97 Å². The lowest BCUT2D eigenvalue weighted by atomic mass is 10.0. The lowest BCUT2D eigenvalue weighted by Gasteiger charge is -2.27. The summed E-state index contributed by atoms with van der Waals surface area (Å²) in [5, 5.41) is 11.1. The van der Waals surface area contributed by atoms with Gasteiger partial charge in [-0.2, -0.15) is 0 Å². The molecule has 1 aliphatic heterocycles. The average molecular weight is 384 g/mol. The number of carbonyl (C=O) groups excluding carboxylic acids is 1. The van der Waals surface area contributed by atoms with Gasteiger partial charge in [0.2, 0.25) is 0 Å². The van der Waals surface area contributed by atoms with Gasteiger partial charge in [-0.3, -0.25) is 15.0 Å². The maximum Gasteiger partial charge on any atom is 0.344 e. The topological polar surface area (TPSA) is 81.9 Å². The van der Waals surface area contributed by atoms with Crippen LogP contribution in [0.1, 0.15) is 32.6 Å². The Morgan fingerprint density at radius 2 is 1.89 bits per heavy atom. The first-order valence-corrected chi connectivity index (χ1v) is 9.23. The summed E-state index contributed by atoms with van der Waals surface area (Å²) in [5.74, 6) is -0.122. The number of hydrogen-bond acceptors (Lipinski definition) is 6. The molecule has 7 heteroatoms. The third-order valence-electron chi connectivity index (χ3n) is 5.06. The fourth-order valence-electron chi connectivity index (χ4n) is 3.33. The number of ether oxygens (including phenoxy) is 2. The van der Waals surface area contributed by atoms with E-state index in [0.717, 1.165) is 44.0 Å². The summed E-state index contributed by atoms with van der Waals surface area (Å²) in [6.45, 7) is 9.57. The molecule has 1 saturated heterocycles. The second-order valence-corrected chi connectivity index (χ2v) is 7.03. The molecular weight excluding hydrogens is 360 g/mol. The van der Waals surface area contributed by atoms with Gasteiger partial charge in [0.25, 0.3) is 5.69 Å². The van der Waals surface area contributed by atoms with E-state index in [1.165, 1.54) is 17.7 Å². The first-order chi connectivity index (χ1) is 13.4. The first kappa shape index (κ1) is 20.0. The predicted molar refractivity (Wildman–Crippen MR) is 105 cm³/mol. The molecule has 0 saturated carbocycles. The zero-order chi connectivity index (χ0) is 20.3. The molecule has 0 bridgehead atoms. The van der Waals surface area contributed by atoms with Crippen molar-refractivity contribution < 1.29 is 19.2 Å². The van der Waals surface area contributed by atoms with Crippen molar-refractivity contribution in [2.24, 2.45) is 0 Å². The molecule has 3 rings (SSSR count). The van der Waals surface area contributed by atoms with E-state index in [1.807, 2.05) is 26.0 Å². The molecule has 0 radical (unpaired) electrons. The monoisotopic (exact) mass is 384 g/mol. The maximum atomic E-state index is 12.6. The molecule has 0 aliphatic carbocycles. The van der Waals surface area contributed by atoms with Gasteiger partial charge in [0.05, 0.1) is 23.7 Å². The number of nitrogens with zero attached hydrogens (tertiary/aromatic N) is 2. The van der Waals surface area contributed by atoms with E-state index in [2.05, 4.69) is 4.90 Å². The summed E-state index contributed by atoms with van der Waals surface area (Å²) in [6, 6.07) is 8.30. The van der Waals surface area contributed by atoms with Crippen LogP contribution < -0.4 is 4.74 Å². The Labute approximate surface area is 164 Å². The molecule has 0 amide bonds. The van der Waals surface area contributed by atoms with Crippen LogP contribution in [0, 0.1) is 30.9 Å². The molecule has 7 nitrogen and oxygen atoms in total. The number of carbonyl (C=O) groups is 1. The van der Waals surface area contributed by atoms with Gasteiger partial charge in [-0.1, -0.05) is 12.1 Å². The van der Waals surface area contributed by atoms with Crippen LogP contribution in [0.15, 0.2) is 30.3 Å². The van der Waals surface area contributed by atoms with Crippen molar-refractivity contribution in [3.63, 3.8) is 0 Å². The van der Waals surface area contributed by atoms with Crippen molar-refractivity contribution in [1.82, 2.24) is 4.90 Å². The second kappa shape index (κ2) is 8.50. The van der Waals surface area contributed by atoms with Crippen LogP contribution in [-0.2, 0) is 11.3 Å². The van der Waals surface area contributed by atoms with Crippen molar-refractivity contribution in [2.45, 2.75) is 27.3 Å². The Morgan fingerprint density at radius 3 is 2.57 bits per heavy atom. The maximum absolute atomic E-state index is 12.6. The van der Waals surface area contributed by atoms with Crippen molar-refractivity contribution in [1.29, 1.82) is 0 Å². The van der Waals surface area contributed by atoms with Crippen LogP contribution in [0.4, 0.5) is 5.69 Å². The van der Waals surface area contributed by atoms with Crippen LogP contribution in [0.5, 0.6) is 5.75 Å². The summed E-state index contributed by atoms with van der Waals surface area (Å²) in [7, 11) is 0. The van der Waals surface area contributed by atoms with Crippen LogP contribution in [0.25, 0.3) is 0 Å². The van der Waals surface area contributed by atoms with Gasteiger partial charge in [0.15, 0.2) is 0 Å². The molecule has 1 aliphatic rings. The van der Waals surface area contributed by atoms with E-state index < -0.39 is 10.9 Å². The number of nitro groups is 1. The van der Waals surface area contributed by atoms with E-state index in [4.69, 9.17) is 9.47 Å². The molecule has 0 atom stereocenters. The van der Waals surface area contributed by atoms with E-state index >= 15 is 0 Å². The summed E-state index contributed by atoms with van der Waals surface area (Å²) >= 11 is 0. The smallest absolute Gasteiger partial charge is 0.344 e. The number of esters is 1. The van der Waals surface area contributed by atoms with E-state index in [9.17, 15) is 14.9 Å². The highest BCUT2D eigenvalue weighted by molar-refractivity contribution is 5.93. The molecule has 28 heavy (non-hydrogen) atoms. The molecule has 2 aromatic rings. The lowest BCUT2D eigenvalue weighted by molar-refractivity contribution is -0.385. The van der Waals surface area contributed by atoms with E-state index in [-0.39, 0.29) is 11.3 Å².